The number of benzene rings is 2. The van der Waals surface area contributed by atoms with Gasteiger partial charge in [-0.3, -0.25) is 0 Å². The lowest BCUT2D eigenvalue weighted by Crippen LogP contribution is -2.32. The molecule has 0 heterocycles. The number of rotatable bonds is 8. The summed E-state index contributed by atoms with van der Waals surface area (Å²) < 4.78 is 6.81. The highest BCUT2D eigenvalue weighted by atomic mass is 16.5. The lowest BCUT2D eigenvalue weighted by atomic mass is 9.85. The first kappa shape index (κ1) is 21.7. The van der Waals surface area contributed by atoms with E-state index in [1.807, 2.05) is 0 Å². The van der Waals surface area contributed by atoms with Crippen molar-refractivity contribution >= 4 is 0 Å². The Morgan fingerprint density at radius 2 is 0.926 bits per heavy atom. The van der Waals surface area contributed by atoms with Gasteiger partial charge in [0.25, 0.3) is 0 Å². The molecule has 2 atom stereocenters. The second kappa shape index (κ2) is 9.55. The minimum absolute atomic E-state index is 0.239. The molecule has 0 fully saturated rings. The van der Waals surface area contributed by atoms with Crippen LogP contribution in [-0.2, 0) is 17.6 Å². The van der Waals surface area contributed by atoms with E-state index in [0.29, 0.717) is 0 Å². The van der Waals surface area contributed by atoms with Crippen LogP contribution < -0.4 is 0 Å². The highest BCUT2D eigenvalue weighted by molar-refractivity contribution is 5.17. The summed E-state index contributed by atoms with van der Waals surface area (Å²) in [6, 6.07) is 21.5. The zero-order valence-corrected chi connectivity index (χ0v) is 18.2. The summed E-state index contributed by atoms with van der Waals surface area (Å²) in [5, 5.41) is 0. The Bertz CT molecular complexity index is 587. The molecule has 0 bridgehead atoms. The van der Waals surface area contributed by atoms with Crippen LogP contribution in [0.25, 0.3) is 0 Å². The van der Waals surface area contributed by atoms with Crippen LogP contribution in [0.4, 0.5) is 0 Å². The number of hydrogen-bond acceptors (Lipinski definition) is 1. The minimum atomic E-state index is 0.239. The summed E-state index contributed by atoms with van der Waals surface area (Å²) in [7, 11) is 0. The third-order valence-electron chi connectivity index (χ3n) is 4.68. The fourth-order valence-corrected chi connectivity index (χ4v) is 3.73. The maximum atomic E-state index is 6.81. The van der Waals surface area contributed by atoms with Crippen molar-refractivity contribution in [2.75, 3.05) is 0 Å². The van der Waals surface area contributed by atoms with Crippen LogP contribution in [0, 0.1) is 10.8 Å². The molecule has 0 N–H and O–H groups in total. The van der Waals surface area contributed by atoms with Gasteiger partial charge in [0.15, 0.2) is 0 Å². The summed E-state index contributed by atoms with van der Waals surface area (Å²) in [4.78, 5) is 0. The molecule has 0 saturated carbocycles. The Morgan fingerprint density at radius 1 is 0.593 bits per heavy atom. The first-order valence-electron chi connectivity index (χ1n) is 10.3. The van der Waals surface area contributed by atoms with Crippen molar-refractivity contribution in [3.8, 4) is 0 Å². The van der Waals surface area contributed by atoms with Gasteiger partial charge in [0.2, 0.25) is 0 Å². The van der Waals surface area contributed by atoms with Crippen molar-refractivity contribution in [2.24, 2.45) is 10.8 Å². The summed E-state index contributed by atoms with van der Waals surface area (Å²) >= 11 is 0. The zero-order chi connectivity index (χ0) is 19.9. The molecule has 2 rings (SSSR count). The first-order chi connectivity index (χ1) is 12.6. The second-order valence-corrected chi connectivity index (χ2v) is 10.3. The molecule has 0 saturated heterocycles. The fraction of sp³-hybridized carbons (Fsp3) is 0.538. The number of hydrogen-bond donors (Lipinski definition) is 0. The molecule has 0 aromatic heterocycles. The quantitative estimate of drug-likeness (QED) is 0.484. The van der Waals surface area contributed by atoms with E-state index in [2.05, 4.69) is 102 Å². The summed E-state index contributed by atoms with van der Waals surface area (Å²) in [5.41, 5.74) is 3.22. The average Bonchev–Trinajstić information content (AvgIpc) is 2.53. The minimum Gasteiger partial charge on any atom is -0.374 e. The van der Waals surface area contributed by atoms with Gasteiger partial charge in [-0.15, -0.1) is 0 Å². The standard InChI is InChI=1S/C26H38O/c1-25(2,3)19-23(17-21-13-9-7-10-14-21)27-24(20-26(4,5)6)18-22-15-11-8-12-16-22/h7-16,23-24H,17-20H2,1-6H3. The Balaban J connectivity index is 2.16. The monoisotopic (exact) mass is 366 g/mol. The Morgan fingerprint density at radius 3 is 1.22 bits per heavy atom. The van der Waals surface area contributed by atoms with Gasteiger partial charge in [-0.25, -0.2) is 0 Å². The molecule has 0 radical (unpaired) electrons. The second-order valence-electron chi connectivity index (χ2n) is 10.3. The Hall–Kier alpha value is -1.60. The molecule has 2 aromatic rings. The van der Waals surface area contributed by atoms with Crippen LogP contribution in [0.15, 0.2) is 60.7 Å². The fourth-order valence-electron chi connectivity index (χ4n) is 3.73. The summed E-state index contributed by atoms with van der Waals surface area (Å²) in [5.74, 6) is 0. The first-order valence-corrected chi connectivity index (χ1v) is 10.3. The van der Waals surface area contributed by atoms with Crippen molar-refractivity contribution in [1.29, 1.82) is 0 Å². The van der Waals surface area contributed by atoms with Crippen LogP contribution in [-0.4, -0.2) is 12.2 Å². The van der Waals surface area contributed by atoms with Gasteiger partial charge in [-0.05, 0) is 47.6 Å². The molecule has 1 nitrogen and oxygen atoms in total. The Labute approximate surface area is 167 Å². The molecule has 2 aromatic carbocycles. The van der Waals surface area contributed by atoms with Gasteiger partial charge in [-0.2, -0.15) is 0 Å². The molecular weight excluding hydrogens is 328 g/mol. The van der Waals surface area contributed by atoms with E-state index in [1.165, 1.54) is 11.1 Å². The largest absolute Gasteiger partial charge is 0.374 e. The average molecular weight is 367 g/mol. The van der Waals surface area contributed by atoms with E-state index < -0.39 is 0 Å². The molecular formula is C26H38O. The van der Waals surface area contributed by atoms with Crippen LogP contribution in [0.5, 0.6) is 0 Å². The van der Waals surface area contributed by atoms with E-state index in [0.717, 1.165) is 25.7 Å². The molecule has 27 heavy (non-hydrogen) atoms. The van der Waals surface area contributed by atoms with E-state index in [-0.39, 0.29) is 23.0 Å². The molecule has 0 spiro atoms. The predicted octanol–water partition coefficient (Wildman–Crippen LogP) is 7.10. The molecule has 2 unspecified atom stereocenters. The van der Waals surface area contributed by atoms with E-state index in [4.69, 9.17) is 4.74 Å². The molecule has 0 aliphatic heterocycles. The van der Waals surface area contributed by atoms with Gasteiger partial charge in [-0.1, -0.05) is 102 Å². The van der Waals surface area contributed by atoms with Crippen LogP contribution in [0.1, 0.15) is 65.5 Å². The van der Waals surface area contributed by atoms with E-state index in [9.17, 15) is 0 Å². The maximum Gasteiger partial charge on any atom is 0.0624 e. The SMILES string of the molecule is CC(C)(C)CC(Cc1ccccc1)OC(Cc1ccccc1)CC(C)(C)C. The van der Waals surface area contributed by atoms with Crippen molar-refractivity contribution in [1.82, 2.24) is 0 Å². The van der Waals surface area contributed by atoms with E-state index >= 15 is 0 Å². The third kappa shape index (κ3) is 9.24. The van der Waals surface area contributed by atoms with Crippen molar-refractivity contribution in [3.05, 3.63) is 71.8 Å². The highest BCUT2D eigenvalue weighted by Gasteiger charge is 2.26. The van der Waals surface area contributed by atoms with Gasteiger partial charge < -0.3 is 4.74 Å². The van der Waals surface area contributed by atoms with Crippen molar-refractivity contribution in [2.45, 2.75) is 79.4 Å². The van der Waals surface area contributed by atoms with Gasteiger partial charge in [0.05, 0.1) is 12.2 Å². The highest BCUT2D eigenvalue weighted by Crippen LogP contribution is 2.30. The summed E-state index contributed by atoms with van der Waals surface area (Å²) in [6.07, 6.45) is 4.57. The molecule has 0 aliphatic carbocycles. The van der Waals surface area contributed by atoms with Gasteiger partial charge in [0.1, 0.15) is 0 Å². The predicted molar refractivity (Wildman–Crippen MR) is 117 cm³/mol. The van der Waals surface area contributed by atoms with Crippen LogP contribution in [0.3, 0.4) is 0 Å². The van der Waals surface area contributed by atoms with E-state index in [1.54, 1.807) is 0 Å². The molecule has 0 amide bonds. The van der Waals surface area contributed by atoms with Crippen LogP contribution >= 0.6 is 0 Å². The lowest BCUT2D eigenvalue weighted by molar-refractivity contribution is -0.0458. The molecule has 0 aliphatic rings. The molecule has 1 heteroatoms. The third-order valence-corrected chi connectivity index (χ3v) is 4.68. The van der Waals surface area contributed by atoms with Crippen molar-refractivity contribution in [3.63, 3.8) is 0 Å². The smallest absolute Gasteiger partial charge is 0.0624 e. The maximum absolute atomic E-state index is 6.81. The van der Waals surface area contributed by atoms with Crippen LogP contribution in [0.2, 0.25) is 0 Å². The zero-order valence-electron chi connectivity index (χ0n) is 18.2. The number of ether oxygens (including phenoxy) is 1. The lowest BCUT2D eigenvalue weighted by Gasteiger charge is -2.33. The van der Waals surface area contributed by atoms with Gasteiger partial charge in [0, 0.05) is 0 Å². The molecule has 148 valence electrons. The van der Waals surface area contributed by atoms with Crippen molar-refractivity contribution < 1.29 is 4.74 Å². The Kier molecular flexibility index (Phi) is 7.68. The summed E-state index contributed by atoms with van der Waals surface area (Å²) in [6.45, 7) is 13.9. The normalized spacial score (nSPS) is 14.7. The topological polar surface area (TPSA) is 9.23 Å². The van der Waals surface area contributed by atoms with Gasteiger partial charge >= 0.3 is 0 Å².